The predicted octanol–water partition coefficient (Wildman–Crippen LogP) is 1.42. The average molecular weight is 246 g/mol. The fourth-order valence-electron chi connectivity index (χ4n) is 1.57. The van der Waals surface area contributed by atoms with E-state index < -0.39 is 0 Å². The van der Waals surface area contributed by atoms with Gasteiger partial charge in [-0.2, -0.15) is 0 Å². The molecule has 0 amide bonds. The minimum absolute atomic E-state index is 0.0931. The monoisotopic (exact) mass is 245 g/mol. The molecule has 16 heavy (non-hydrogen) atoms. The van der Waals surface area contributed by atoms with E-state index in [1.807, 2.05) is 25.1 Å². The van der Waals surface area contributed by atoms with E-state index in [-0.39, 0.29) is 16.9 Å². The van der Waals surface area contributed by atoms with Crippen LogP contribution in [0.1, 0.15) is 5.56 Å². The molecule has 0 heterocycles. The molecule has 0 aliphatic rings. The predicted molar refractivity (Wildman–Crippen MR) is 64.8 cm³/mol. The zero-order valence-corrected chi connectivity index (χ0v) is 10.3. The number of benzene rings is 1. The number of nitrogens with two attached hydrogens (primary N) is 1. The van der Waals surface area contributed by atoms with Crippen LogP contribution in [0.5, 0.6) is 0 Å². The molecule has 5 heteroatoms. The summed E-state index contributed by atoms with van der Waals surface area (Å²) in [4.78, 5) is 2.02. The van der Waals surface area contributed by atoms with Crippen molar-refractivity contribution in [1.82, 2.24) is 10.3 Å². The number of rotatable bonds is 5. The third kappa shape index (κ3) is 4.06. The molecule has 0 aliphatic carbocycles. The van der Waals surface area contributed by atoms with E-state index in [1.54, 1.807) is 6.07 Å². The number of likely N-dealkylation sites (N-methyl/N-ethyl adjacent to an activating group) is 1. The Balaban J connectivity index is 2.66. The van der Waals surface area contributed by atoms with Crippen LogP contribution < -0.4 is 11.3 Å². The first-order valence-electron chi connectivity index (χ1n) is 5.07. The summed E-state index contributed by atoms with van der Waals surface area (Å²) in [5.74, 6) is 5.05. The van der Waals surface area contributed by atoms with Crippen molar-refractivity contribution in [3.05, 3.63) is 34.6 Å². The van der Waals surface area contributed by atoms with E-state index in [0.29, 0.717) is 6.42 Å². The van der Waals surface area contributed by atoms with E-state index >= 15 is 0 Å². The van der Waals surface area contributed by atoms with Gasteiger partial charge in [0.1, 0.15) is 5.82 Å². The van der Waals surface area contributed by atoms with Gasteiger partial charge >= 0.3 is 0 Å². The van der Waals surface area contributed by atoms with Crippen molar-refractivity contribution in [2.75, 3.05) is 20.6 Å². The van der Waals surface area contributed by atoms with Crippen LogP contribution >= 0.6 is 11.6 Å². The first kappa shape index (κ1) is 13.4. The maximum Gasteiger partial charge on any atom is 0.142 e. The highest BCUT2D eigenvalue weighted by Crippen LogP contribution is 2.16. The normalized spacial score (nSPS) is 13.1. The molecule has 1 aromatic carbocycles. The molecule has 0 saturated heterocycles. The highest BCUT2D eigenvalue weighted by molar-refractivity contribution is 6.30. The fraction of sp³-hybridized carbons (Fsp3) is 0.455. The quantitative estimate of drug-likeness (QED) is 0.609. The minimum Gasteiger partial charge on any atom is -0.308 e. The summed E-state index contributed by atoms with van der Waals surface area (Å²) in [6.07, 6.45) is 0.669. The summed E-state index contributed by atoms with van der Waals surface area (Å²) in [5.41, 5.74) is 3.60. The van der Waals surface area contributed by atoms with Crippen molar-refractivity contribution in [3.8, 4) is 0 Å². The second-order valence-electron chi connectivity index (χ2n) is 4.08. The third-order valence-electron chi connectivity index (χ3n) is 2.29. The first-order chi connectivity index (χ1) is 7.52. The first-order valence-corrected chi connectivity index (χ1v) is 5.45. The molecule has 0 bridgehead atoms. The lowest BCUT2D eigenvalue weighted by Gasteiger charge is -2.20. The molecule has 0 spiro atoms. The molecule has 3 nitrogen and oxygen atoms in total. The number of nitrogens with one attached hydrogen (secondary N) is 1. The summed E-state index contributed by atoms with van der Waals surface area (Å²) >= 11 is 5.61. The van der Waals surface area contributed by atoms with Gasteiger partial charge in [-0.15, -0.1) is 0 Å². The van der Waals surface area contributed by atoms with E-state index in [4.69, 9.17) is 17.4 Å². The maximum atomic E-state index is 13.2. The molecule has 1 aromatic rings. The van der Waals surface area contributed by atoms with E-state index in [9.17, 15) is 4.39 Å². The lowest BCUT2D eigenvalue weighted by atomic mass is 10.1. The van der Waals surface area contributed by atoms with Crippen molar-refractivity contribution >= 4 is 11.6 Å². The van der Waals surface area contributed by atoms with Gasteiger partial charge in [-0.05, 0) is 38.2 Å². The highest BCUT2D eigenvalue weighted by Gasteiger charge is 2.10. The van der Waals surface area contributed by atoms with Crippen molar-refractivity contribution in [2.24, 2.45) is 5.84 Å². The van der Waals surface area contributed by atoms with Gasteiger partial charge in [0, 0.05) is 12.6 Å². The highest BCUT2D eigenvalue weighted by atomic mass is 35.5. The topological polar surface area (TPSA) is 41.3 Å². The molecular weight excluding hydrogens is 229 g/mol. The summed E-state index contributed by atoms with van der Waals surface area (Å²) in [6.45, 7) is 0.792. The zero-order chi connectivity index (χ0) is 12.1. The van der Waals surface area contributed by atoms with Crippen LogP contribution in [-0.4, -0.2) is 31.6 Å². The molecule has 0 fully saturated rings. The van der Waals surface area contributed by atoms with Crippen LogP contribution in [0.4, 0.5) is 4.39 Å². The molecule has 1 unspecified atom stereocenters. The standard InChI is InChI=1S/C11H17ClFN3/c1-16(2)7-9(15-14)5-8-3-4-10(12)11(13)6-8/h3-4,6,9,15H,5,7,14H2,1-2H3. The maximum absolute atomic E-state index is 13.2. The Morgan fingerprint density at radius 3 is 2.69 bits per heavy atom. The fourth-order valence-corrected chi connectivity index (χ4v) is 1.69. The van der Waals surface area contributed by atoms with Gasteiger partial charge in [0.15, 0.2) is 0 Å². The van der Waals surface area contributed by atoms with Crippen LogP contribution in [0.25, 0.3) is 0 Å². The molecule has 0 aromatic heterocycles. The molecule has 0 saturated carbocycles. The summed E-state index contributed by atoms with van der Waals surface area (Å²) in [6, 6.07) is 4.92. The lowest BCUT2D eigenvalue weighted by Crippen LogP contribution is -2.43. The largest absolute Gasteiger partial charge is 0.308 e. The molecule has 90 valence electrons. The van der Waals surface area contributed by atoms with Gasteiger partial charge < -0.3 is 4.90 Å². The molecule has 1 rings (SSSR count). The number of hydrogen-bond donors (Lipinski definition) is 2. The minimum atomic E-state index is -0.389. The Labute approximate surface area is 100 Å². The summed E-state index contributed by atoms with van der Waals surface area (Å²) in [5, 5.41) is 0.147. The van der Waals surface area contributed by atoms with Crippen molar-refractivity contribution in [2.45, 2.75) is 12.5 Å². The Hall–Kier alpha value is -0.680. The summed E-state index contributed by atoms with van der Waals surface area (Å²) in [7, 11) is 3.93. The van der Waals surface area contributed by atoms with Crippen LogP contribution in [0.2, 0.25) is 5.02 Å². The van der Waals surface area contributed by atoms with Gasteiger partial charge in [-0.1, -0.05) is 17.7 Å². The van der Waals surface area contributed by atoms with Gasteiger partial charge in [0.2, 0.25) is 0 Å². The van der Waals surface area contributed by atoms with E-state index in [1.165, 1.54) is 6.07 Å². The third-order valence-corrected chi connectivity index (χ3v) is 2.59. The molecule has 0 aliphatic heterocycles. The Morgan fingerprint density at radius 1 is 1.50 bits per heavy atom. The SMILES string of the molecule is CN(C)CC(Cc1ccc(Cl)c(F)c1)NN. The van der Waals surface area contributed by atoms with Crippen LogP contribution in [-0.2, 0) is 6.42 Å². The summed E-state index contributed by atoms with van der Waals surface area (Å²) < 4.78 is 13.2. The average Bonchev–Trinajstić information content (AvgIpc) is 2.22. The number of hydrazine groups is 1. The van der Waals surface area contributed by atoms with Crippen LogP contribution in [0, 0.1) is 5.82 Å². The number of nitrogens with zero attached hydrogens (tertiary/aromatic N) is 1. The van der Waals surface area contributed by atoms with Crippen LogP contribution in [0.15, 0.2) is 18.2 Å². The number of hydrogen-bond acceptors (Lipinski definition) is 3. The second kappa shape index (κ2) is 6.15. The van der Waals surface area contributed by atoms with Gasteiger partial charge in [-0.3, -0.25) is 11.3 Å². The Morgan fingerprint density at radius 2 is 2.19 bits per heavy atom. The zero-order valence-electron chi connectivity index (χ0n) is 9.50. The Kier molecular flexibility index (Phi) is 5.15. The second-order valence-corrected chi connectivity index (χ2v) is 4.49. The van der Waals surface area contributed by atoms with E-state index in [0.717, 1.165) is 12.1 Å². The van der Waals surface area contributed by atoms with Gasteiger partial charge in [0.05, 0.1) is 5.02 Å². The lowest BCUT2D eigenvalue weighted by molar-refractivity contribution is 0.338. The molecule has 3 N–H and O–H groups in total. The van der Waals surface area contributed by atoms with Crippen molar-refractivity contribution in [1.29, 1.82) is 0 Å². The van der Waals surface area contributed by atoms with Gasteiger partial charge in [-0.25, -0.2) is 4.39 Å². The van der Waals surface area contributed by atoms with Crippen molar-refractivity contribution < 1.29 is 4.39 Å². The van der Waals surface area contributed by atoms with Gasteiger partial charge in [0.25, 0.3) is 0 Å². The molecular formula is C11H17ClFN3. The van der Waals surface area contributed by atoms with Crippen molar-refractivity contribution in [3.63, 3.8) is 0 Å². The Bertz CT molecular complexity index is 344. The smallest absolute Gasteiger partial charge is 0.142 e. The number of halogens is 2. The van der Waals surface area contributed by atoms with E-state index in [2.05, 4.69) is 5.43 Å². The molecule has 0 radical (unpaired) electrons. The molecule has 1 atom stereocenters. The van der Waals surface area contributed by atoms with Crippen LogP contribution in [0.3, 0.4) is 0 Å².